The van der Waals surface area contributed by atoms with E-state index in [1.165, 1.54) is 0 Å². The molecule has 7 N–H and O–H groups in total. The summed E-state index contributed by atoms with van der Waals surface area (Å²) in [4.78, 5) is 0. The first kappa shape index (κ1) is 9.76. The van der Waals surface area contributed by atoms with Gasteiger partial charge in [-0.25, -0.2) is 4.39 Å². The Hall–Kier alpha value is -1.33. The molecular weight excluding hydrogens is 173 g/mol. The zero-order valence-corrected chi connectivity index (χ0v) is 7.00. The standard InChI is InChI=1S/C8H12FN3O/c9-4-1-5(7(12)3-10)8(13)6(11)2-4/h1-2,7,13H,3,10-12H2/t7-/m0/s1. The Morgan fingerprint density at radius 3 is 2.62 bits per heavy atom. The number of halogens is 1. The van der Waals surface area contributed by atoms with Crippen LogP contribution in [0.2, 0.25) is 0 Å². The van der Waals surface area contributed by atoms with Crippen LogP contribution in [0.5, 0.6) is 5.75 Å². The van der Waals surface area contributed by atoms with E-state index in [0.29, 0.717) is 0 Å². The number of rotatable bonds is 2. The third-order valence-electron chi connectivity index (χ3n) is 1.79. The van der Waals surface area contributed by atoms with Gasteiger partial charge in [-0.2, -0.15) is 0 Å². The maximum atomic E-state index is 12.8. The molecule has 0 bridgehead atoms. The van der Waals surface area contributed by atoms with E-state index in [1.54, 1.807) is 0 Å². The average molecular weight is 185 g/mol. The molecule has 13 heavy (non-hydrogen) atoms. The van der Waals surface area contributed by atoms with E-state index in [9.17, 15) is 9.50 Å². The molecule has 72 valence electrons. The van der Waals surface area contributed by atoms with Gasteiger partial charge >= 0.3 is 0 Å². The third kappa shape index (κ3) is 1.88. The van der Waals surface area contributed by atoms with Crippen LogP contribution in [0.3, 0.4) is 0 Å². The molecule has 0 saturated heterocycles. The number of hydrogen-bond acceptors (Lipinski definition) is 4. The highest BCUT2D eigenvalue weighted by atomic mass is 19.1. The largest absolute Gasteiger partial charge is 0.505 e. The van der Waals surface area contributed by atoms with Crippen molar-refractivity contribution < 1.29 is 9.50 Å². The number of hydrogen-bond donors (Lipinski definition) is 4. The molecule has 0 saturated carbocycles. The number of phenolic OH excluding ortho intramolecular Hbond substituents is 1. The van der Waals surface area contributed by atoms with Gasteiger partial charge in [-0.15, -0.1) is 0 Å². The van der Waals surface area contributed by atoms with Crippen LogP contribution < -0.4 is 17.2 Å². The fourth-order valence-corrected chi connectivity index (χ4v) is 1.05. The lowest BCUT2D eigenvalue weighted by atomic mass is 10.1. The van der Waals surface area contributed by atoms with Crippen molar-refractivity contribution in [2.45, 2.75) is 6.04 Å². The SMILES string of the molecule is NC[C@H](N)c1cc(F)cc(N)c1O. The van der Waals surface area contributed by atoms with E-state index in [1.807, 2.05) is 0 Å². The van der Waals surface area contributed by atoms with E-state index >= 15 is 0 Å². The molecule has 0 heterocycles. The van der Waals surface area contributed by atoms with Gasteiger partial charge in [-0.3, -0.25) is 0 Å². The van der Waals surface area contributed by atoms with Crippen LogP contribution >= 0.6 is 0 Å². The highest BCUT2D eigenvalue weighted by Crippen LogP contribution is 2.29. The van der Waals surface area contributed by atoms with Gasteiger partial charge in [0.05, 0.1) is 5.69 Å². The van der Waals surface area contributed by atoms with Gasteiger partial charge in [0.15, 0.2) is 0 Å². The first-order valence-corrected chi connectivity index (χ1v) is 3.79. The van der Waals surface area contributed by atoms with Crippen molar-refractivity contribution in [2.24, 2.45) is 11.5 Å². The van der Waals surface area contributed by atoms with Crippen molar-refractivity contribution in [2.75, 3.05) is 12.3 Å². The minimum Gasteiger partial charge on any atom is -0.505 e. The summed E-state index contributed by atoms with van der Waals surface area (Å²) in [5.74, 6) is -0.728. The second kappa shape index (κ2) is 3.59. The molecule has 0 fully saturated rings. The number of aromatic hydroxyl groups is 1. The first-order valence-electron chi connectivity index (χ1n) is 3.79. The average Bonchev–Trinajstić information content (AvgIpc) is 2.10. The molecule has 0 aliphatic carbocycles. The Morgan fingerprint density at radius 1 is 1.46 bits per heavy atom. The maximum Gasteiger partial charge on any atom is 0.143 e. The molecule has 5 heteroatoms. The molecule has 1 aromatic rings. The lowest BCUT2D eigenvalue weighted by molar-refractivity contribution is 0.462. The third-order valence-corrected chi connectivity index (χ3v) is 1.79. The van der Waals surface area contributed by atoms with E-state index in [4.69, 9.17) is 17.2 Å². The lowest BCUT2D eigenvalue weighted by Gasteiger charge is -2.12. The van der Waals surface area contributed by atoms with Gasteiger partial charge in [0, 0.05) is 24.2 Å². The minimum atomic E-state index is -0.599. The van der Waals surface area contributed by atoms with Crippen LogP contribution in [-0.4, -0.2) is 11.7 Å². The fraction of sp³-hybridized carbons (Fsp3) is 0.250. The quantitative estimate of drug-likeness (QED) is 0.387. The Bertz CT molecular complexity index is 317. The van der Waals surface area contributed by atoms with Crippen LogP contribution in [0, 0.1) is 5.82 Å². The van der Waals surface area contributed by atoms with Gasteiger partial charge in [0.2, 0.25) is 0 Å². The van der Waals surface area contributed by atoms with Gasteiger partial charge in [-0.1, -0.05) is 0 Å². The summed E-state index contributed by atoms with van der Waals surface area (Å²) in [5.41, 5.74) is 16.3. The van der Waals surface area contributed by atoms with Crippen molar-refractivity contribution >= 4 is 5.69 Å². The Morgan fingerprint density at radius 2 is 2.08 bits per heavy atom. The van der Waals surface area contributed by atoms with Crippen molar-refractivity contribution in [3.05, 3.63) is 23.5 Å². The number of anilines is 1. The van der Waals surface area contributed by atoms with Gasteiger partial charge in [-0.05, 0) is 6.07 Å². The van der Waals surface area contributed by atoms with Gasteiger partial charge in [0.1, 0.15) is 11.6 Å². The zero-order valence-electron chi connectivity index (χ0n) is 7.00. The number of nitrogens with two attached hydrogens (primary N) is 3. The van der Waals surface area contributed by atoms with Crippen LogP contribution in [0.25, 0.3) is 0 Å². The molecule has 0 aromatic heterocycles. The van der Waals surface area contributed by atoms with Crippen LogP contribution in [0.1, 0.15) is 11.6 Å². The van der Waals surface area contributed by atoms with Crippen LogP contribution in [0.15, 0.2) is 12.1 Å². The van der Waals surface area contributed by atoms with Crippen molar-refractivity contribution in [3.8, 4) is 5.75 Å². The Labute approximate surface area is 75.1 Å². The van der Waals surface area contributed by atoms with E-state index in [0.717, 1.165) is 12.1 Å². The zero-order chi connectivity index (χ0) is 10.0. The number of benzene rings is 1. The smallest absolute Gasteiger partial charge is 0.143 e. The Kier molecular flexibility index (Phi) is 2.69. The van der Waals surface area contributed by atoms with E-state index < -0.39 is 11.9 Å². The second-order valence-corrected chi connectivity index (χ2v) is 2.78. The van der Waals surface area contributed by atoms with Crippen molar-refractivity contribution in [1.82, 2.24) is 0 Å². The number of phenols is 1. The number of nitrogen functional groups attached to an aromatic ring is 1. The topological polar surface area (TPSA) is 98.3 Å². The molecule has 4 nitrogen and oxygen atoms in total. The highest BCUT2D eigenvalue weighted by Gasteiger charge is 2.13. The second-order valence-electron chi connectivity index (χ2n) is 2.78. The molecule has 1 rings (SSSR count). The molecule has 0 aliphatic heterocycles. The molecule has 1 aromatic carbocycles. The first-order chi connectivity index (χ1) is 6.06. The summed E-state index contributed by atoms with van der Waals surface area (Å²) >= 11 is 0. The van der Waals surface area contributed by atoms with E-state index in [-0.39, 0.29) is 23.5 Å². The summed E-state index contributed by atoms with van der Waals surface area (Å²) in [6.45, 7) is 0.121. The molecular formula is C8H12FN3O. The monoisotopic (exact) mass is 185 g/mol. The minimum absolute atomic E-state index is 0.0288. The molecule has 0 aliphatic rings. The molecule has 0 radical (unpaired) electrons. The normalized spacial score (nSPS) is 12.8. The summed E-state index contributed by atoms with van der Waals surface area (Å²) in [6, 6.07) is 1.56. The highest BCUT2D eigenvalue weighted by molar-refractivity contribution is 5.57. The Balaban J connectivity index is 3.20. The predicted molar refractivity (Wildman–Crippen MR) is 48.5 cm³/mol. The lowest BCUT2D eigenvalue weighted by Crippen LogP contribution is -2.21. The summed E-state index contributed by atoms with van der Waals surface area (Å²) in [6.07, 6.45) is 0. The summed E-state index contributed by atoms with van der Waals surface area (Å²) < 4.78 is 12.8. The molecule has 1 atom stereocenters. The maximum absolute atomic E-state index is 12.8. The van der Waals surface area contributed by atoms with Gasteiger partial charge < -0.3 is 22.3 Å². The summed E-state index contributed by atoms with van der Waals surface area (Å²) in [7, 11) is 0. The van der Waals surface area contributed by atoms with Crippen LogP contribution in [-0.2, 0) is 0 Å². The fourth-order valence-electron chi connectivity index (χ4n) is 1.05. The predicted octanol–water partition coefficient (Wildman–Crippen LogP) is 0.0720. The molecule has 0 amide bonds. The van der Waals surface area contributed by atoms with Crippen LogP contribution in [0.4, 0.5) is 10.1 Å². The van der Waals surface area contributed by atoms with Crippen molar-refractivity contribution in [1.29, 1.82) is 0 Å². The summed E-state index contributed by atoms with van der Waals surface area (Å²) in [5, 5.41) is 9.40. The molecule has 0 spiro atoms. The van der Waals surface area contributed by atoms with Gasteiger partial charge in [0.25, 0.3) is 0 Å². The molecule has 0 unspecified atom stereocenters. The van der Waals surface area contributed by atoms with Crippen molar-refractivity contribution in [3.63, 3.8) is 0 Å². The van der Waals surface area contributed by atoms with E-state index in [2.05, 4.69) is 0 Å².